The Morgan fingerprint density at radius 1 is 1.00 bits per heavy atom. The van der Waals surface area contributed by atoms with Crippen LogP contribution in [-0.2, 0) is 12.8 Å². The lowest BCUT2D eigenvalue weighted by atomic mass is 10.1. The van der Waals surface area contributed by atoms with Gasteiger partial charge >= 0.3 is 0 Å². The van der Waals surface area contributed by atoms with Gasteiger partial charge in [-0.2, -0.15) is 0 Å². The van der Waals surface area contributed by atoms with Crippen LogP contribution >= 0.6 is 0 Å². The predicted octanol–water partition coefficient (Wildman–Crippen LogP) is 3.59. The molecule has 2 N–H and O–H groups in total. The Balaban J connectivity index is 1.76. The van der Waals surface area contributed by atoms with Crippen molar-refractivity contribution in [2.75, 3.05) is 6.61 Å². The van der Waals surface area contributed by atoms with E-state index in [0.717, 1.165) is 31.6 Å². The average Bonchev–Trinajstić information content (AvgIpc) is 2.44. The van der Waals surface area contributed by atoms with Gasteiger partial charge in [-0.3, -0.25) is 0 Å². The molecule has 0 aromatic heterocycles. The summed E-state index contributed by atoms with van der Waals surface area (Å²) in [5.41, 5.74) is 8.42. The molecule has 0 heterocycles. The lowest BCUT2D eigenvalue weighted by Crippen LogP contribution is -2.17. The van der Waals surface area contributed by atoms with Gasteiger partial charge in [-0.1, -0.05) is 42.5 Å². The smallest absolute Gasteiger partial charge is 0.119 e. The third kappa shape index (κ3) is 5.06. The maximum atomic E-state index is 5.82. The molecule has 0 radical (unpaired) electrons. The van der Waals surface area contributed by atoms with Crippen molar-refractivity contribution < 1.29 is 4.74 Å². The fourth-order valence-electron chi connectivity index (χ4n) is 2.25. The molecule has 0 saturated heterocycles. The van der Waals surface area contributed by atoms with E-state index < -0.39 is 0 Å². The van der Waals surface area contributed by atoms with Crippen LogP contribution in [0.4, 0.5) is 0 Å². The second-order valence-electron chi connectivity index (χ2n) is 5.27. The molecule has 2 aromatic carbocycles. The number of ether oxygens (including phenoxy) is 1. The van der Waals surface area contributed by atoms with E-state index in [-0.39, 0.29) is 6.04 Å². The summed E-state index contributed by atoms with van der Waals surface area (Å²) < 4.78 is 5.81. The Kier molecular flexibility index (Phi) is 5.63. The molecule has 2 nitrogen and oxygen atoms in total. The molecule has 0 aliphatic heterocycles. The molecule has 0 fully saturated rings. The van der Waals surface area contributed by atoms with Gasteiger partial charge in [0.05, 0.1) is 6.61 Å². The molecule has 2 rings (SSSR count). The van der Waals surface area contributed by atoms with Gasteiger partial charge < -0.3 is 10.5 Å². The van der Waals surface area contributed by atoms with Gasteiger partial charge in [0.2, 0.25) is 0 Å². The van der Waals surface area contributed by atoms with E-state index in [0.29, 0.717) is 0 Å². The molecule has 0 saturated carbocycles. The van der Waals surface area contributed by atoms with Crippen molar-refractivity contribution in [3.8, 4) is 5.75 Å². The minimum absolute atomic E-state index is 0.184. The van der Waals surface area contributed by atoms with Crippen molar-refractivity contribution in [2.45, 2.75) is 32.2 Å². The largest absolute Gasteiger partial charge is 0.494 e. The molecule has 2 heteroatoms. The molecule has 1 atom stereocenters. The van der Waals surface area contributed by atoms with Crippen LogP contribution in [0.25, 0.3) is 0 Å². The Labute approximate surface area is 121 Å². The Morgan fingerprint density at radius 3 is 2.50 bits per heavy atom. The van der Waals surface area contributed by atoms with Gasteiger partial charge in [0.15, 0.2) is 0 Å². The van der Waals surface area contributed by atoms with Crippen LogP contribution in [-0.4, -0.2) is 12.6 Å². The van der Waals surface area contributed by atoms with Crippen molar-refractivity contribution >= 4 is 0 Å². The molecule has 106 valence electrons. The van der Waals surface area contributed by atoms with Crippen LogP contribution in [0.3, 0.4) is 0 Å². The van der Waals surface area contributed by atoms with Gasteiger partial charge in [0, 0.05) is 6.04 Å². The highest BCUT2D eigenvalue weighted by Gasteiger charge is 2.00. The maximum Gasteiger partial charge on any atom is 0.119 e. The van der Waals surface area contributed by atoms with Gasteiger partial charge in [0.25, 0.3) is 0 Å². The number of benzene rings is 2. The number of hydrogen-bond donors (Lipinski definition) is 1. The maximum absolute atomic E-state index is 5.82. The third-order valence-electron chi connectivity index (χ3n) is 3.18. The van der Waals surface area contributed by atoms with E-state index in [9.17, 15) is 0 Å². The fraction of sp³-hybridized carbons (Fsp3) is 0.333. The summed E-state index contributed by atoms with van der Waals surface area (Å²) in [4.78, 5) is 0. The summed E-state index contributed by atoms with van der Waals surface area (Å²) in [6, 6.07) is 18.9. The number of nitrogens with two attached hydrogens (primary N) is 1. The minimum Gasteiger partial charge on any atom is -0.494 e. The number of hydrogen-bond acceptors (Lipinski definition) is 2. The lowest BCUT2D eigenvalue weighted by Gasteiger charge is -2.09. The van der Waals surface area contributed by atoms with Gasteiger partial charge in [-0.15, -0.1) is 0 Å². The van der Waals surface area contributed by atoms with E-state index in [4.69, 9.17) is 10.5 Å². The van der Waals surface area contributed by atoms with Crippen LogP contribution in [0, 0.1) is 0 Å². The fourth-order valence-corrected chi connectivity index (χ4v) is 2.25. The Morgan fingerprint density at radius 2 is 1.75 bits per heavy atom. The lowest BCUT2D eigenvalue weighted by molar-refractivity contribution is 0.310. The van der Waals surface area contributed by atoms with Crippen molar-refractivity contribution in [3.05, 3.63) is 65.7 Å². The zero-order valence-corrected chi connectivity index (χ0v) is 12.1. The summed E-state index contributed by atoms with van der Waals surface area (Å²) in [5, 5.41) is 0. The van der Waals surface area contributed by atoms with Crippen LogP contribution in [0.2, 0.25) is 0 Å². The Hall–Kier alpha value is -1.80. The summed E-state index contributed by atoms with van der Waals surface area (Å²) >= 11 is 0. The minimum atomic E-state index is 0.184. The zero-order valence-electron chi connectivity index (χ0n) is 12.1. The van der Waals surface area contributed by atoms with Gasteiger partial charge in [-0.05, 0) is 49.4 Å². The van der Waals surface area contributed by atoms with Gasteiger partial charge in [0.1, 0.15) is 5.75 Å². The van der Waals surface area contributed by atoms with Crippen LogP contribution in [0.1, 0.15) is 24.5 Å². The van der Waals surface area contributed by atoms with E-state index in [1.54, 1.807) is 0 Å². The van der Waals surface area contributed by atoms with E-state index in [1.165, 1.54) is 11.1 Å². The first-order valence-corrected chi connectivity index (χ1v) is 7.25. The van der Waals surface area contributed by atoms with Crippen molar-refractivity contribution in [1.29, 1.82) is 0 Å². The predicted molar refractivity (Wildman–Crippen MR) is 84.1 cm³/mol. The third-order valence-corrected chi connectivity index (χ3v) is 3.18. The van der Waals surface area contributed by atoms with Crippen LogP contribution < -0.4 is 10.5 Å². The van der Waals surface area contributed by atoms with E-state index in [2.05, 4.69) is 36.4 Å². The first-order valence-electron chi connectivity index (χ1n) is 7.25. The molecule has 2 aromatic rings. The van der Waals surface area contributed by atoms with Crippen molar-refractivity contribution in [1.82, 2.24) is 0 Å². The summed E-state index contributed by atoms with van der Waals surface area (Å²) in [6.07, 6.45) is 2.98. The standard InChI is InChI=1S/C18H23NO/c1-15(19)13-17-9-5-11-18(14-17)20-12-6-10-16-7-3-2-4-8-16/h2-5,7-9,11,14-15H,6,10,12-13,19H2,1H3. The molecule has 0 spiro atoms. The van der Waals surface area contributed by atoms with Crippen LogP contribution in [0.5, 0.6) is 5.75 Å². The second-order valence-corrected chi connectivity index (χ2v) is 5.27. The molecule has 20 heavy (non-hydrogen) atoms. The normalized spacial score (nSPS) is 12.1. The zero-order chi connectivity index (χ0) is 14.2. The quantitative estimate of drug-likeness (QED) is 0.780. The molecule has 0 amide bonds. The molecular formula is C18H23NO. The van der Waals surface area contributed by atoms with Crippen molar-refractivity contribution in [2.24, 2.45) is 5.73 Å². The highest BCUT2D eigenvalue weighted by atomic mass is 16.5. The number of aryl methyl sites for hydroxylation is 1. The summed E-state index contributed by atoms with van der Waals surface area (Å²) in [7, 11) is 0. The van der Waals surface area contributed by atoms with Crippen molar-refractivity contribution in [3.63, 3.8) is 0 Å². The van der Waals surface area contributed by atoms with E-state index >= 15 is 0 Å². The molecular weight excluding hydrogens is 246 g/mol. The molecule has 0 bridgehead atoms. The molecule has 0 aliphatic carbocycles. The highest BCUT2D eigenvalue weighted by molar-refractivity contribution is 5.29. The number of rotatable bonds is 7. The summed E-state index contributed by atoms with van der Waals surface area (Å²) in [6.45, 7) is 2.77. The second kappa shape index (κ2) is 7.71. The van der Waals surface area contributed by atoms with E-state index in [1.807, 2.05) is 25.1 Å². The summed E-state index contributed by atoms with van der Waals surface area (Å²) in [5.74, 6) is 0.941. The highest BCUT2D eigenvalue weighted by Crippen LogP contribution is 2.15. The molecule has 1 unspecified atom stereocenters. The SMILES string of the molecule is CC(N)Cc1cccc(OCCCc2ccccc2)c1. The first-order chi connectivity index (χ1) is 9.74. The topological polar surface area (TPSA) is 35.2 Å². The van der Waals surface area contributed by atoms with Gasteiger partial charge in [-0.25, -0.2) is 0 Å². The Bertz CT molecular complexity index is 508. The first kappa shape index (κ1) is 14.6. The average molecular weight is 269 g/mol. The monoisotopic (exact) mass is 269 g/mol. The van der Waals surface area contributed by atoms with Crippen LogP contribution in [0.15, 0.2) is 54.6 Å². The molecule has 0 aliphatic rings.